The molecule has 1 saturated carbocycles. The molecule has 0 aromatic carbocycles. The zero-order valence-electron chi connectivity index (χ0n) is 8.07. The second kappa shape index (κ2) is 5.13. The molecule has 1 aliphatic carbocycles. The smallest absolute Gasteiger partial charge is 0.320 e. The van der Waals surface area contributed by atoms with Crippen LogP contribution in [0.15, 0.2) is 0 Å². The van der Waals surface area contributed by atoms with E-state index in [4.69, 9.17) is 21.1 Å². The first-order chi connectivity index (χ1) is 6.86. The van der Waals surface area contributed by atoms with Crippen LogP contribution in [0.3, 0.4) is 0 Å². The summed E-state index contributed by atoms with van der Waals surface area (Å²) in [6, 6.07) is -1.31. The predicted octanol–water partition coefficient (Wildman–Crippen LogP) is -0.758. The third-order valence-electron chi connectivity index (χ3n) is 2.62. The number of carbonyl (C=O) groups is 3. The van der Waals surface area contributed by atoms with E-state index in [0.29, 0.717) is 0 Å². The molecule has 0 heterocycles. The van der Waals surface area contributed by atoms with Crippen LogP contribution in [0.5, 0.6) is 0 Å². The van der Waals surface area contributed by atoms with Crippen molar-refractivity contribution in [3.05, 3.63) is 0 Å². The molecule has 0 bridgehead atoms. The van der Waals surface area contributed by atoms with E-state index >= 15 is 0 Å². The number of aliphatic carboxylic acids is 3. The largest absolute Gasteiger partial charge is 0.481 e. The van der Waals surface area contributed by atoms with Gasteiger partial charge in [0.1, 0.15) is 6.04 Å². The number of carboxylic acid groups (broad SMARTS) is 3. The Morgan fingerprint density at radius 3 is 2.00 bits per heavy atom. The van der Waals surface area contributed by atoms with E-state index in [-0.39, 0.29) is 18.8 Å². The van der Waals surface area contributed by atoms with Gasteiger partial charge in [-0.1, -0.05) is 0 Å². The van der Waals surface area contributed by atoms with Gasteiger partial charge in [-0.05, 0) is 5.92 Å². The quantitative estimate of drug-likeness (QED) is 0.505. The van der Waals surface area contributed by atoms with E-state index in [2.05, 4.69) is 0 Å². The molecule has 8 heteroatoms. The van der Waals surface area contributed by atoms with Crippen molar-refractivity contribution >= 4 is 30.3 Å². The molecule has 1 rings (SSSR count). The van der Waals surface area contributed by atoms with E-state index in [1.807, 2.05) is 0 Å². The average molecular weight is 254 g/mol. The standard InChI is InChI=1S/C8H11NO6.ClH/c9-6(8(14)15)4-2(1-3(10)11)5(4)7(12)13;/h2,4-6H,1,9H2,(H,10,11)(H,12,13)(H,14,15);1H. The van der Waals surface area contributed by atoms with Gasteiger partial charge in [-0.25, -0.2) is 0 Å². The lowest BCUT2D eigenvalue weighted by molar-refractivity contribution is -0.140. The van der Waals surface area contributed by atoms with Gasteiger partial charge < -0.3 is 21.1 Å². The summed E-state index contributed by atoms with van der Waals surface area (Å²) in [7, 11) is 0. The molecule has 0 aliphatic heterocycles. The Morgan fingerprint density at radius 2 is 1.69 bits per heavy atom. The summed E-state index contributed by atoms with van der Waals surface area (Å²) >= 11 is 0. The van der Waals surface area contributed by atoms with Crippen molar-refractivity contribution in [3.8, 4) is 0 Å². The normalized spacial score (nSPS) is 28.7. The maximum atomic E-state index is 10.6. The van der Waals surface area contributed by atoms with Crippen LogP contribution in [0.1, 0.15) is 6.42 Å². The Balaban J connectivity index is 0.00000225. The lowest BCUT2D eigenvalue weighted by Gasteiger charge is -2.03. The lowest BCUT2D eigenvalue weighted by Crippen LogP contribution is -2.34. The van der Waals surface area contributed by atoms with E-state index in [9.17, 15) is 14.4 Å². The molecular weight excluding hydrogens is 242 g/mol. The number of halogens is 1. The van der Waals surface area contributed by atoms with E-state index in [1.165, 1.54) is 0 Å². The second-order valence-electron chi connectivity index (χ2n) is 3.57. The summed E-state index contributed by atoms with van der Waals surface area (Å²) in [5, 5.41) is 25.8. The van der Waals surface area contributed by atoms with Crippen molar-refractivity contribution in [2.24, 2.45) is 23.5 Å². The van der Waals surface area contributed by atoms with Gasteiger partial charge in [0.2, 0.25) is 0 Å². The molecule has 0 amide bonds. The predicted molar refractivity (Wildman–Crippen MR) is 53.2 cm³/mol. The van der Waals surface area contributed by atoms with Crippen molar-refractivity contribution in [1.82, 2.24) is 0 Å². The van der Waals surface area contributed by atoms with Crippen LogP contribution in [0, 0.1) is 17.8 Å². The van der Waals surface area contributed by atoms with Gasteiger partial charge in [0.15, 0.2) is 0 Å². The van der Waals surface area contributed by atoms with Gasteiger partial charge in [0.25, 0.3) is 0 Å². The topological polar surface area (TPSA) is 138 Å². The second-order valence-corrected chi connectivity index (χ2v) is 3.57. The number of hydrogen-bond acceptors (Lipinski definition) is 4. The fourth-order valence-corrected chi connectivity index (χ4v) is 1.87. The summed E-state index contributed by atoms with van der Waals surface area (Å²) in [6.45, 7) is 0. The van der Waals surface area contributed by atoms with E-state index in [0.717, 1.165) is 0 Å². The highest BCUT2D eigenvalue weighted by Gasteiger charge is 2.59. The molecule has 92 valence electrons. The minimum Gasteiger partial charge on any atom is -0.481 e. The number of hydrogen-bond donors (Lipinski definition) is 4. The molecule has 0 aromatic heterocycles. The zero-order chi connectivity index (χ0) is 11.7. The van der Waals surface area contributed by atoms with Crippen LogP contribution >= 0.6 is 12.4 Å². The van der Waals surface area contributed by atoms with Crippen LogP contribution < -0.4 is 5.73 Å². The number of carboxylic acids is 3. The Hall–Kier alpha value is -1.34. The highest BCUT2D eigenvalue weighted by molar-refractivity contribution is 5.85. The molecule has 5 N–H and O–H groups in total. The van der Waals surface area contributed by atoms with Crippen molar-refractivity contribution in [1.29, 1.82) is 0 Å². The summed E-state index contributed by atoms with van der Waals surface area (Å²) in [5.74, 6) is -6.05. The monoisotopic (exact) mass is 253 g/mol. The zero-order valence-corrected chi connectivity index (χ0v) is 8.88. The molecule has 0 aromatic rings. The minimum atomic E-state index is -1.31. The maximum Gasteiger partial charge on any atom is 0.320 e. The van der Waals surface area contributed by atoms with Crippen molar-refractivity contribution in [2.75, 3.05) is 0 Å². The SMILES string of the molecule is Cl.NC(C(=O)O)C1C(CC(=O)O)C1C(=O)O. The van der Waals surface area contributed by atoms with Crippen LogP contribution in [0.2, 0.25) is 0 Å². The van der Waals surface area contributed by atoms with E-state index in [1.54, 1.807) is 0 Å². The van der Waals surface area contributed by atoms with Gasteiger partial charge >= 0.3 is 17.9 Å². The van der Waals surface area contributed by atoms with Crippen LogP contribution in [-0.2, 0) is 14.4 Å². The summed E-state index contributed by atoms with van der Waals surface area (Å²) in [6.07, 6.45) is -0.359. The van der Waals surface area contributed by atoms with E-state index < -0.39 is 41.7 Å². The van der Waals surface area contributed by atoms with Gasteiger partial charge in [-0.2, -0.15) is 0 Å². The van der Waals surface area contributed by atoms with Gasteiger partial charge in [-0.15, -0.1) is 12.4 Å². The van der Waals surface area contributed by atoms with Gasteiger partial charge in [0.05, 0.1) is 5.92 Å². The molecule has 0 spiro atoms. The third-order valence-corrected chi connectivity index (χ3v) is 2.62. The Morgan fingerprint density at radius 1 is 1.19 bits per heavy atom. The first kappa shape index (κ1) is 14.7. The Labute approximate surface area is 96.6 Å². The van der Waals surface area contributed by atoms with Crippen molar-refractivity contribution in [3.63, 3.8) is 0 Å². The highest BCUT2D eigenvalue weighted by Crippen LogP contribution is 2.50. The maximum absolute atomic E-state index is 10.6. The van der Waals surface area contributed by atoms with Gasteiger partial charge in [-0.3, -0.25) is 14.4 Å². The van der Waals surface area contributed by atoms with Crippen LogP contribution in [-0.4, -0.2) is 39.3 Å². The van der Waals surface area contributed by atoms with Crippen molar-refractivity contribution < 1.29 is 29.7 Å². The number of nitrogens with two attached hydrogens (primary N) is 1. The van der Waals surface area contributed by atoms with Crippen LogP contribution in [0.25, 0.3) is 0 Å². The first-order valence-electron chi connectivity index (χ1n) is 4.29. The van der Waals surface area contributed by atoms with Crippen LogP contribution in [0.4, 0.5) is 0 Å². The Bertz CT molecular complexity index is 320. The first-order valence-corrected chi connectivity index (χ1v) is 4.29. The highest BCUT2D eigenvalue weighted by atomic mass is 35.5. The molecule has 1 fully saturated rings. The lowest BCUT2D eigenvalue weighted by atomic mass is 10.1. The third kappa shape index (κ3) is 2.83. The molecule has 7 nitrogen and oxygen atoms in total. The van der Waals surface area contributed by atoms with Crippen molar-refractivity contribution in [2.45, 2.75) is 12.5 Å². The molecular formula is C8H12ClNO6. The summed E-state index contributed by atoms with van der Waals surface area (Å²) in [4.78, 5) is 31.5. The number of rotatable bonds is 5. The molecule has 4 atom stereocenters. The fraction of sp³-hybridized carbons (Fsp3) is 0.625. The molecule has 1 aliphatic rings. The Kier molecular flexibility index (Phi) is 4.70. The molecule has 16 heavy (non-hydrogen) atoms. The average Bonchev–Trinajstić information content (AvgIpc) is 2.76. The molecule has 4 unspecified atom stereocenters. The fourth-order valence-electron chi connectivity index (χ4n) is 1.87. The minimum absolute atomic E-state index is 0. The molecule has 0 radical (unpaired) electrons. The summed E-state index contributed by atoms with van der Waals surface area (Å²) < 4.78 is 0. The summed E-state index contributed by atoms with van der Waals surface area (Å²) in [5.41, 5.74) is 5.26. The molecule has 0 saturated heterocycles. The van der Waals surface area contributed by atoms with Gasteiger partial charge in [0, 0.05) is 12.3 Å².